The van der Waals surface area contributed by atoms with Gasteiger partial charge in [0.2, 0.25) is 0 Å². The summed E-state index contributed by atoms with van der Waals surface area (Å²) in [7, 11) is 1.57. The van der Waals surface area contributed by atoms with Crippen molar-refractivity contribution in [3.63, 3.8) is 0 Å². The van der Waals surface area contributed by atoms with Crippen molar-refractivity contribution in [1.82, 2.24) is 0 Å². The van der Waals surface area contributed by atoms with Gasteiger partial charge in [-0.3, -0.25) is 4.79 Å². The van der Waals surface area contributed by atoms with Gasteiger partial charge in [0.1, 0.15) is 12.4 Å². The topological polar surface area (TPSA) is 66.0 Å². The van der Waals surface area contributed by atoms with Gasteiger partial charge in [0, 0.05) is 18.4 Å². The maximum atomic E-state index is 12.2. The van der Waals surface area contributed by atoms with Gasteiger partial charge in [-0.15, -0.1) is 0 Å². The third kappa shape index (κ3) is 5.62. The Morgan fingerprint density at radius 1 is 1.19 bits per heavy atom. The second-order valence-corrected chi connectivity index (χ2v) is 6.47. The lowest BCUT2D eigenvalue weighted by Crippen LogP contribution is -2.20. The quantitative estimate of drug-likeness (QED) is 0.768. The lowest BCUT2D eigenvalue weighted by atomic mass is 10.2. The minimum Gasteiger partial charge on any atom is -0.493 e. The van der Waals surface area contributed by atoms with Crippen molar-refractivity contribution in [2.75, 3.05) is 32.2 Å². The summed E-state index contributed by atoms with van der Waals surface area (Å²) in [4.78, 5) is 12.2. The first kappa shape index (κ1) is 19.0. The molecule has 1 aliphatic heterocycles. The monoisotopic (exact) mass is 371 g/mol. The number of amides is 1. The molecule has 0 saturated carbocycles. The highest BCUT2D eigenvalue weighted by atomic mass is 16.5. The average molecular weight is 371 g/mol. The number of nitrogens with one attached hydrogen (secondary N) is 1. The first-order valence-electron chi connectivity index (χ1n) is 9.06. The van der Waals surface area contributed by atoms with Gasteiger partial charge in [-0.25, -0.2) is 0 Å². The Morgan fingerprint density at radius 2 is 2.07 bits per heavy atom. The van der Waals surface area contributed by atoms with Crippen molar-refractivity contribution in [3.8, 4) is 17.2 Å². The molecule has 1 aliphatic rings. The number of hydrogen-bond donors (Lipinski definition) is 1. The van der Waals surface area contributed by atoms with Crippen LogP contribution in [0.25, 0.3) is 0 Å². The van der Waals surface area contributed by atoms with Gasteiger partial charge in [-0.2, -0.15) is 0 Å². The van der Waals surface area contributed by atoms with Crippen LogP contribution >= 0.6 is 0 Å². The number of carbonyl (C=O) groups excluding carboxylic acids is 1. The molecule has 0 aromatic heterocycles. The summed E-state index contributed by atoms with van der Waals surface area (Å²) < 4.78 is 22.2. The molecule has 2 aromatic rings. The largest absolute Gasteiger partial charge is 0.493 e. The average Bonchev–Trinajstić information content (AvgIpc) is 3.19. The highest BCUT2D eigenvalue weighted by molar-refractivity contribution is 5.92. The van der Waals surface area contributed by atoms with Gasteiger partial charge in [0.15, 0.2) is 18.1 Å². The maximum absolute atomic E-state index is 12.2. The van der Waals surface area contributed by atoms with Crippen LogP contribution in [-0.2, 0) is 9.53 Å². The lowest BCUT2D eigenvalue weighted by molar-refractivity contribution is -0.118. The molecule has 2 aromatic carbocycles. The van der Waals surface area contributed by atoms with Gasteiger partial charge >= 0.3 is 0 Å². The Bertz CT molecular complexity index is 771. The first-order chi connectivity index (χ1) is 13.1. The minimum absolute atomic E-state index is 0.111. The van der Waals surface area contributed by atoms with E-state index in [1.54, 1.807) is 19.2 Å². The summed E-state index contributed by atoms with van der Waals surface area (Å²) in [6.07, 6.45) is 2.26. The van der Waals surface area contributed by atoms with E-state index in [2.05, 4.69) is 5.32 Å². The number of aryl methyl sites for hydroxylation is 1. The predicted molar refractivity (Wildman–Crippen MR) is 103 cm³/mol. The summed E-state index contributed by atoms with van der Waals surface area (Å²) in [5, 5.41) is 2.81. The van der Waals surface area contributed by atoms with Gasteiger partial charge in [0.05, 0.1) is 13.2 Å². The predicted octanol–water partition coefficient (Wildman–Crippen LogP) is 3.58. The van der Waals surface area contributed by atoms with Crippen LogP contribution in [0.3, 0.4) is 0 Å². The zero-order valence-corrected chi connectivity index (χ0v) is 15.7. The summed E-state index contributed by atoms with van der Waals surface area (Å²) in [5.74, 6) is 1.58. The lowest BCUT2D eigenvalue weighted by Gasteiger charge is -2.13. The molecular formula is C21H25NO5. The number of rotatable bonds is 8. The first-order valence-corrected chi connectivity index (χ1v) is 9.06. The van der Waals surface area contributed by atoms with Crippen molar-refractivity contribution < 1.29 is 23.7 Å². The Labute approximate surface area is 159 Å². The Morgan fingerprint density at radius 3 is 2.85 bits per heavy atom. The number of carbonyl (C=O) groups is 1. The van der Waals surface area contributed by atoms with Gasteiger partial charge in [-0.05, 0) is 49.6 Å². The van der Waals surface area contributed by atoms with Crippen LogP contribution in [-0.4, -0.2) is 38.9 Å². The fourth-order valence-corrected chi connectivity index (χ4v) is 2.86. The molecule has 1 unspecified atom stereocenters. The van der Waals surface area contributed by atoms with Crippen LogP contribution < -0.4 is 19.5 Å². The van der Waals surface area contributed by atoms with E-state index < -0.39 is 0 Å². The fraction of sp³-hybridized carbons (Fsp3) is 0.381. The van der Waals surface area contributed by atoms with Crippen LogP contribution in [0.5, 0.6) is 17.2 Å². The van der Waals surface area contributed by atoms with E-state index in [0.717, 1.165) is 25.0 Å². The maximum Gasteiger partial charge on any atom is 0.262 e. The van der Waals surface area contributed by atoms with E-state index in [4.69, 9.17) is 18.9 Å². The molecule has 1 fully saturated rings. The van der Waals surface area contributed by atoms with Crippen LogP contribution in [0, 0.1) is 6.92 Å². The number of benzene rings is 2. The van der Waals surface area contributed by atoms with Crippen molar-refractivity contribution >= 4 is 11.6 Å². The summed E-state index contributed by atoms with van der Waals surface area (Å²) in [6, 6.07) is 12.9. The van der Waals surface area contributed by atoms with Crippen molar-refractivity contribution in [2.45, 2.75) is 25.9 Å². The van der Waals surface area contributed by atoms with Crippen molar-refractivity contribution in [3.05, 3.63) is 48.0 Å². The SMILES string of the molecule is COc1cc(C)ccc1OCC(=O)Nc1cccc(OCC2CCCO2)c1. The molecule has 1 saturated heterocycles. The van der Waals surface area contributed by atoms with Crippen LogP contribution in [0.4, 0.5) is 5.69 Å². The number of hydrogen-bond acceptors (Lipinski definition) is 5. The van der Waals surface area contributed by atoms with E-state index in [1.165, 1.54) is 0 Å². The van der Waals surface area contributed by atoms with Crippen LogP contribution in [0.15, 0.2) is 42.5 Å². The van der Waals surface area contributed by atoms with E-state index >= 15 is 0 Å². The van der Waals surface area contributed by atoms with Gasteiger partial charge in [0.25, 0.3) is 5.91 Å². The Kier molecular flexibility index (Phi) is 6.54. The van der Waals surface area contributed by atoms with E-state index in [1.807, 2.05) is 37.3 Å². The Hall–Kier alpha value is -2.73. The van der Waals surface area contributed by atoms with E-state index in [0.29, 0.717) is 29.5 Å². The van der Waals surface area contributed by atoms with Gasteiger partial charge < -0.3 is 24.3 Å². The minimum atomic E-state index is -0.256. The molecule has 6 nitrogen and oxygen atoms in total. The molecule has 0 radical (unpaired) electrons. The van der Waals surface area contributed by atoms with E-state index in [9.17, 15) is 4.79 Å². The zero-order chi connectivity index (χ0) is 19.1. The third-order valence-electron chi connectivity index (χ3n) is 4.26. The second kappa shape index (κ2) is 9.28. The smallest absolute Gasteiger partial charge is 0.262 e. The number of ether oxygens (including phenoxy) is 4. The normalized spacial score (nSPS) is 16.0. The molecule has 3 rings (SSSR count). The molecule has 1 amide bonds. The van der Waals surface area contributed by atoms with Crippen molar-refractivity contribution in [2.24, 2.45) is 0 Å². The molecule has 144 valence electrons. The Balaban J connectivity index is 1.51. The molecule has 6 heteroatoms. The number of anilines is 1. The third-order valence-corrected chi connectivity index (χ3v) is 4.26. The van der Waals surface area contributed by atoms with Crippen molar-refractivity contribution in [1.29, 1.82) is 0 Å². The fourth-order valence-electron chi connectivity index (χ4n) is 2.86. The van der Waals surface area contributed by atoms with Crippen LogP contribution in [0.2, 0.25) is 0 Å². The molecule has 1 atom stereocenters. The molecule has 0 bridgehead atoms. The standard InChI is InChI=1S/C21H25NO5/c1-15-8-9-19(20(11-15)24-2)27-14-21(23)22-16-5-3-6-17(12-16)26-13-18-7-4-10-25-18/h3,5-6,8-9,11-12,18H,4,7,10,13-14H2,1-2H3,(H,22,23). The zero-order valence-electron chi connectivity index (χ0n) is 15.7. The molecule has 1 heterocycles. The number of methoxy groups -OCH3 is 1. The molecule has 1 N–H and O–H groups in total. The second-order valence-electron chi connectivity index (χ2n) is 6.47. The highest BCUT2D eigenvalue weighted by Crippen LogP contribution is 2.27. The molecule has 0 spiro atoms. The van der Waals surface area contributed by atoms with E-state index in [-0.39, 0.29) is 18.6 Å². The van der Waals surface area contributed by atoms with Crippen LogP contribution in [0.1, 0.15) is 18.4 Å². The summed E-state index contributed by atoms with van der Waals surface area (Å²) in [5.41, 5.74) is 1.72. The molecule has 0 aliphatic carbocycles. The molecular weight excluding hydrogens is 346 g/mol. The summed E-state index contributed by atoms with van der Waals surface area (Å²) in [6.45, 7) is 3.18. The highest BCUT2D eigenvalue weighted by Gasteiger charge is 2.16. The summed E-state index contributed by atoms with van der Waals surface area (Å²) >= 11 is 0. The molecule has 27 heavy (non-hydrogen) atoms. The van der Waals surface area contributed by atoms with Gasteiger partial charge in [-0.1, -0.05) is 12.1 Å².